The monoisotopic (exact) mass is 276 g/mol. The van der Waals surface area contributed by atoms with Gasteiger partial charge >= 0.3 is 0 Å². The van der Waals surface area contributed by atoms with Crippen molar-refractivity contribution in [3.63, 3.8) is 0 Å². The number of benzene rings is 1. The van der Waals surface area contributed by atoms with Gasteiger partial charge in [0.2, 0.25) is 0 Å². The Balaban J connectivity index is 1.64. The summed E-state index contributed by atoms with van der Waals surface area (Å²) in [5.41, 5.74) is 1.07. The molecule has 1 unspecified atom stereocenters. The maximum absolute atomic E-state index is 10.7. The van der Waals surface area contributed by atoms with Crippen LogP contribution < -0.4 is 10.6 Å². The number of anilines is 1. The first-order chi connectivity index (χ1) is 9.72. The van der Waals surface area contributed by atoms with Crippen molar-refractivity contribution >= 4 is 22.8 Å². The molecule has 0 aliphatic carbocycles. The molecule has 1 aliphatic heterocycles. The molecule has 0 bridgehead atoms. The van der Waals surface area contributed by atoms with Crippen molar-refractivity contribution in [2.24, 2.45) is 0 Å². The third-order valence-electron chi connectivity index (χ3n) is 3.51. The maximum atomic E-state index is 10.7. The first-order valence-corrected chi connectivity index (χ1v) is 6.74. The molecule has 7 nitrogen and oxygen atoms in total. The normalized spacial score (nSPS) is 18.5. The second-order valence-electron chi connectivity index (χ2n) is 4.94. The van der Waals surface area contributed by atoms with Gasteiger partial charge in [0.1, 0.15) is 5.52 Å². The zero-order valence-corrected chi connectivity index (χ0v) is 11.0. The summed E-state index contributed by atoms with van der Waals surface area (Å²) in [7, 11) is 0. The molecule has 3 rings (SSSR count). The fourth-order valence-corrected chi connectivity index (χ4v) is 2.46. The molecule has 20 heavy (non-hydrogen) atoms. The fourth-order valence-electron chi connectivity index (χ4n) is 2.46. The Bertz CT molecular complexity index is 619. The minimum Gasteiger partial charge on any atom is -0.424 e. The molecule has 1 aliphatic rings. The molecule has 106 valence electrons. The van der Waals surface area contributed by atoms with Crippen molar-refractivity contribution in [2.45, 2.75) is 25.3 Å². The van der Waals surface area contributed by atoms with Crippen LogP contribution in [0.5, 0.6) is 0 Å². The van der Waals surface area contributed by atoms with Crippen LogP contribution in [0.4, 0.5) is 11.7 Å². The van der Waals surface area contributed by atoms with Crippen molar-refractivity contribution in [3.8, 4) is 0 Å². The summed E-state index contributed by atoms with van der Waals surface area (Å²) < 4.78 is 5.50. The van der Waals surface area contributed by atoms with Crippen LogP contribution in [0.25, 0.3) is 11.1 Å². The summed E-state index contributed by atoms with van der Waals surface area (Å²) in [6, 6.07) is 5.39. The van der Waals surface area contributed by atoms with Gasteiger partial charge in [0, 0.05) is 24.7 Å². The summed E-state index contributed by atoms with van der Waals surface area (Å²) in [6.45, 7) is 1.86. The number of oxazole rings is 1. The SMILES string of the molecule is O=[N+]([O-])c1ccc2oc(NCCC3CCCN3)nc2c1. The van der Waals surface area contributed by atoms with Crippen molar-refractivity contribution in [1.29, 1.82) is 0 Å². The fraction of sp³-hybridized carbons (Fsp3) is 0.462. The van der Waals surface area contributed by atoms with Gasteiger partial charge in [-0.2, -0.15) is 4.98 Å². The van der Waals surface area contributed by atoms with Gasteiger partial charge in [-0.1, -0.05) is 0 Å². The number of rotatable bonds is 5. The molecule has 1 saturated heterocycles. The van der Waals surface area contributed by atoms with Gasteiger partial charge in [0.15, 0.2) is 5.58 Å². The van der Waals surface area contributed by atoms with Crippen molar-refractivity contribution in [1.82, 2.24) is 10.3 Å². The molecular formula is C13H16N4O3. The van der Waals surface area contributed by atoms with E-state index in [1.807, 2.05) is 0 Å². The standard InChI is InChI=1S/C13H16N4O3/c18-17(19)10-3-4-12-11(8-10)16-13(20-12)15-7-5-9-2-1-6-14-9/h3-4,8-9,14H,1-2,5-7H2,(H,15,16). The number of aromatic nitrogens is 1. The quantitative estimate of drug-likeness (QED) is 0.643. The molecule has 2 aromatic rings. The minimum atomic E-state index is -0.438. The Labute approximate surface area is 115 Å². The number of hydrogen-bond acceptors (Lipinski definition) is 6. The average Bonchev–Trinajstić information content (AvgIpc) is 3.06. The molecule has 1 aromatic carbocycles. The van der Waals surface area contributed by atoms with E-state index in [0.29, 0.717) is 23.2 Å². The largest absolute Gasteiger partial charge is 0.424 e. The Morgan fingerprint density at radius 2 is 2.45 bits per heavy atom. The summed E-state index contributed by atoms with van der Waals surface area (Å²) in [5, 5.41) is 17.2. The van der Waals surface area contributed by atoms with E-state index >= 15 is 0 Å². The van der Waals surface area contributed by atoms with Crippen molar-refractivity contribution < 1.29 is 9.34 Å². The molecule has 0 radical (unpaired) electrons. The van der Waals surface area contributed by atoms with Gasteiger partial charge < -0.3 is 15.1 Å². The lowest BCUT2D eigenvalue weighted by atomic mass is 10.2. The van der Waals surface area contributed by atoms with Crippen LogP contribution in [0.1, 0.15) is 19.3 Å². The second-order valence-corrected chi connectivity index (χ2v) is 4.94. The van der Waals surface area contributed by atoms with Gasteiger partial charge in [0.25, 0.3) is 11.7 Å². The number of hydrogen-bond donors (Lipinski definition) is 2. The maximum Gasteiger partial charge on any atom is 0.295 e. The molecule has 2 N–H and O–H groups in total. The van der Waals surface area contributed by atoms with E-state index in [1.165, 1.54) is 25.0 Å². The molecule has 0 spiro atoms. The first kappa shape index (κ1) is 12.9. The first-order valence-electron chi connectivity index (χ1n) is 6.74. The van der Waals surface area contributed by atoms with Crippen LogP contribution in [0.3, 0.4) is 0 Å². The van der Waals surface area contributed by atoms with E-state index in [-0.39, 0.29) is 5.69 Å². The summed E-state index contributed by atoms with van der Waals surface area (Å²) >= 11 is 0. The van der Waals surface area contributed by atoms with E-state index in [9.17, 15) is 10.1 Å². The zero-order valence-electron chi connectivity index (χ0n) is 11.0. The Hall–Kier alpha value is -2.15. The van der Waals surface area contributed by atoms with Gasteiger partial charge in [-0.25, -0.2) is 0 Å². The highest BCUT2D eigenvalue weighted by molar-refractivity contribution is 5.77. The Kier molecular flexibility index (Phi) is 3.51. The molecule has 1 fully saturated rings. The van der Waals surface area contributed by atoms with E-state index < -0.39 is 4.92 Å². The van der Waals surface area contributed by atoms with E-state index in [4.69, 9.17) is 4.42 Å². The highest BCUT2D eigenvalue weighted by Gasteiger charge is 2.14. The van der Waals surface area contributed by atoms with Gasteiger partial charge in [-0.3, -0.25) is 10.1 Å². The van der Waals surface area contributed by atoms with Crippen LogP contribution in [-0.2, 0) is 0 Å². The number of nitrogens with one attached hydrogen (secondary N) is 2. The second kappa shape index (κ2) is 5.46. The lowest BCUT2D eigenvalue weighted by Crippen LogP contribution is -2.24. The predicted octanol–water partition coefficient (Wildman–Crippen LogP) is 2.29. The number of nitro benzene ring substituents is 1. The highest BCUT2D eigenvalue weighted by atomic mass is 16.6. The van der Waals surface area contributed by atoms with Gasteiger partial charge in [-0.05, 0) is 31.9 Å². The number of nitro groups is 1. The molecule has 7 heteroatoms. The van der Waals surface area contributed by atoms with Crippen molar-refractivity contribution in [3.05, 3.63) is 28.3 Å². The third kappa shape index (κ3) is 2.72. The number of non-ortho nitro benzene ring substituents is 1. The average molecular weight is 276 g/mol. The predicted molar refractivity (Wildman–Crippen MR) is 74.8 cm³/mol. The van der Waals surface area contributed by atoms with Crippen LogP contribution >= 0.6 is 0 Å². The molecular weight excluding hydrogens is 260 g/mol. The molecule has 1 atom stereocenters. The van der Waals surface area contributed by atoms with Crippen LogP contribution in [0, 0.1) is 10.1 Å². The van der Waals surface area contributed by atoms with Gasteiger partial charge in [0.05, 0.1) is 4.92 Å². The molecule has 0 amide bonds. The molecule has 0 saturated carbocycles. The van der Waals surface area contributed by atoms with Crippen molar-refractivity contribution in [2.75, 3.05) is 18.4 Å². The Morgan fingerprint density at radius 1 is 1.55 bits per heavy atom. The van der Waals surface area contributed by atoms with E-state index in [2.05, 4.69) is 15.6 Å². The summed E-state index contributed by atoms with van der Waals surface area (Å²) in [4.78, 5) is 14.5. The van der Waals surface area contributed by atoms with E-state index in [0.717, 1.165) is 19.5 Å². The Morgan fingerprint density at radius 3 is 3.20 bits per heavy atom. The minimum absolute atomic E-state index is 0.0208. The lowest BCUT2D eigenvalue weighted by molar-refractivity contribution is -0.384. The third-order valence-corrected chi connectivity index (χ3v) is 3.51. The lowest BCUT2D eigenvalue weighted by Gasteiger charge is -2.09. The molecule has 1 aromatic heterocycles. The van der Waals surface area contributed by atoms with Gasteiger partial charge in [-0.15, -0.1) is 0 Å². The van der Waals surface area contributed by atoms with E-state index in [1.54, 1.807) is 6.07 Å². The number of nitrogens with zero attached hydrogens (tertiary/aromatic N) is 2. The summed E-state index contributed by atoms with van der Waals surface area (Å²) in [5.74, 6) is 0. The molecule has 2 heterocycles. The highest BCUT2D eigenvalue weighted by Crippen LogP contribution is 2.23. The smallest absolute Gasteiger partial charge is 0.295 e. The zero-order chi connectivity index (χ0) is 13.9. The number of fused-ring (bicyclic) bond motifs is 1. The van der Waals surface area contributed by atoms with Crippen LogP contribution in [0.2, 0.25) is 0 Å². The summed E-state index contributed by atoms with van der Waals surface area (Å²) in [6.07, 6.45) is 3.46. The van der Waals surface area contributed by atoms with Crippen LogP contribution in [0.15, 0.2) is 22.6 Å². The van der Waals surface area contributed by atoms with Crippen LogP contribution in [-0.4, -0.2) is 29.0 Å². The topological polar surface area (TPSA) is 93.2 Å².